The fourth-order valence-electron chi connectivity index (χ4n) is 4.58. The molecule has 8 nitrogen and oxygen atoms in total. The minimum atomic E-state index is -0.930. The van der Waals surface area contributed by atoms with Gasteiger partial charge in [0.25, 0.3) is 5.91 Å². The Labute approximate surface area is 257 Å². The van der Waals surface area contributed by atoms with Crippen molar-refractivity contribution in [2.45, 2.75) is 49.2 Å². The van der Waals surface area contributed by atoms with Crippen LogP contribution in [0.3, 0.4) is 0 Å². The van der Waals surface area contributed by atoms with Gasteiger partial charge in [-0.2, -0.15) is 0 Å². The highest BCUT2D eigenvalue weighted by Gasteiger charge is 2.46. The minimum absolute atomic E-state index is 0.00444. The fraction of sp³-hybridized carbons (Fsp3) is 0.290. The molecule has 1 amide bonds. The molecule has 5 rings (SSSR count). The molecule has 2 aromatic carbocycles. The zero-order chi connectivity index (χ0) is 29.5. The monoisotopic (exact) mass is 621 g/mol. The molecule has 1 atom stereocenters. The Balaban J connectivity index is 1.50. The van der Waals surface area contributed by atoms with Crippen molar-refractivity contribution in [1.82, 2.24) is 10.2 Å². The highest BCUT2D eigenvalue weighted by atomic mass is 32.2. The molecule has 1 aliphatic heterocycles. The lowest BCUT2D eigenvalue weighted by Gasteiger charge is -2.25. The third-order valence-electron chi connectivity index (χ3n) is 6.59. The van der Waals surface area contributed by atoms with Crippen LogP contribution in [0, 0.1) is 0 Å². The maximum absolute atomic E-state index is 13.7. The van der Waals surface area contributed by atoms with Gasteiger partial charge < -0.3 is 14.6 Å². The van der Waals surface area contributed by atoms with Gasteiger partial charge >= 0.3 is 0 Å². The summed E-state index contributed by atoms with van der Waals surface area (Å²) in [4.78, 5) is 29.1. The number of carbonyl (C=O) groups excluding carboxylic acids is 2. The second kappa shape index (κ2) is 14.0. The lowest BCUT2D eigenvalue weighted by Crippen LogP contribution is -2.31. The zero-order valence-corrected chi connectivity index (χ0v) is 25.8. The molecule has 1 N–H and O–H groups in total. The highest BCUT2D eigenvalue weighted by Crippen LogP contribution is 2.45. The molecule has 1 aliphatic rings. The number of aliphatic hydroxyl groups is 1. The van der Waals surface area contributed by atoms with E-state index in [1.54, 1.807) is 35.7 Å². The number of thioether (sulfide) groups is 1. The second-order valence-corrected chi connectivity index (χ2v) is 12.6. The molecule has 4 aromatic rings. The van der Waals surface area contributed by atoms with Crippen molar-refractivity contribution in [3.8, 4) is 11.5 Å². The van der Waals surface area contributed by atoms with Crippen molar-refractivity contribution in [2.24, 2.45) is 0 Å². The largest absolute Gasteiger partial charge is 0.503 e. The van der Waals surface area contributed by atoms with Crippen LogP contribution in [0.1, 0.15) is 60.0 Å². The summed E-state index contributed by atoms with van der Waals surface area (Å²) >= 11 is 4.00. The van der Waals surface area contributed by atoms with Crippen molar-refractivity contribution >= 4 is 51.3 Å². The molecule has 42 heavy (non-hydrogen) atoms. The highest BCUT2D eigenvalue weighted by molar-refractivity contribution is 8.00. The van der Waals surface area contributed by atoms with Crippen molar-refractivity contribution in [3.05, 3.63) is 93.4 Å². The number of amides is 1. The summed E-state index contributed by atoms with van der Waals surface area (Å²) in [5.41, 5.74) is 1.72. The van der Waals surface area contributed by atoms with Gasteiger partial charge in [0, 0.05) is 5.75 Å². The van der Waals surface area contributed by atoms with Crippen LogP contribution in [0.2, 0.25) is 0 Å². The first kappa shape index (κ1) is 29.8. The molecule has 218 valence electrons. The Hall–Kier alpha value is -3.67. The number of anilines is 1. The number of nitrogens with zero attached hydrogens (tertiary/aromatic N) is 3. The summed E-state index contributed by atoms with van der Waals surface area (Å²) in [5, 5.41) is 21.8. The number of hydrogen-bond acceptors (Lipinski definition) is 10. The predicted molar refractivity (Wildman–Crippen MR) is 167 cm³/mol. The van der Waals surface area contributed by atoms with E-state index < -0.39 is 23.5 Å². The number of aliphatic hydroxyl groups excluding tert-OH is 1. The maximum Gasteiger partial charge on any atom is 0.296 e. The summed E-state index contributed by atoms with van der Waals surface area (Å²) in [6.45, 7) is 4.98. The standard InChI is InChI=1S/C31H31N3O5S3/c1-3-5-9-16-39-22-15-14-21(18-23(22)38-4-2)26-25(27(35)24-13-10-17-40-24)28(36)29(37)34(26)30-32-33-31(42-30)41-19-20-11-7-6-8-12-20/h6-8,10-15,17-18,26,36H,3-5,9,16,19H2,1-2H3. The first-order valence-corrected chi connectivity index (χ1v) is 16.4. The Morgan fingerprint density at radius 2 is 1.86 bits per heavy atom. The van der Waals surface area contributed by atoms with Gasteiger partial charge in [0.2, 0.25) is 10.9 Å². The van der Waals surface area contributed by atoms with E-state index in [-0.39, 0.29) is 5.57 Å². The van der Waals surface area contributed by atoms with Gasteiger partial charge in [-0.05, 0) is 48.1 Å². The zero-order valence-electron chi connectivity index (χ0n) is 23.3. The molecule has 0 aliphatic carbocycles. The van der Waals surface area contributed by atoms with Crippen LogP contribution in [0.15, 0.2) is 81.7 Å². The van der Waals surface area contributed by atoms with Crippen LogP contribution in [0.25, 0.3) is 0 Å². The van der Waals surface area contributed by atoms with E-state index in [2.05, 4.69) is 17.1 Å². The van der Waals surface area contributed by atoms with Crippen molar-refractivity contribution in [2.75, 3.05) is 18.1 Å². The number of Topliss-reactive ketones (excluding diaryl/α,β-unsaturated/α-hetero) is 1. The number of hydrogen-bond donors (Lipinski definition) is 1. The lowest BCUT2D eigenvalue weighted by molar-refractivity contribution is -0.117. The predicted octanol–water partition coefficient (Wildman–Crippen LogP) is 7.64. The van der Waals surface area contributed by atoms with Gasteiger partial charge in [-0.3, -0.25) is 14.5 Å². The maximum atomic E-state index is 13.7. The van der Waals surface area contributed by atoms with Gasteiger partial charge in [0.05, 0.1) is 29.7 Å². The molecule has 0 bridgehead atoms. The lowest BCUT2D eigenvalue weighted by atomic mass is 9.95. The van der Waals surface area contributed by atoms with Crippen LogP contribution < -0.4 is 14.4 Å². The number of ketones is 1. The van der Waals surface area contributed by atoms with E-state index in [1.165, 1.54) is 39.3 Å². The number of aromatic nitrogens is 2. The SMILES string of the molecule is CCCCCOc1ccc(C2C(C(=O)c3cccs3)=C(O)C(=O)N2c2nnc(SCc3ccccc3)s2)cc1OCC. The molecule has 0 saturated carbocycles. The van der Waals surface area contributed by atoms with Gasteiger partial charge in [-0.1, -0.05) is 85.3 Å². The van der Waals surface area contributed by atoms with E-state index >= 15 is 0 Å². The molecule has 1 unspecified atom stereocenters. The van der Waals surface area contributed by atoms with Crippen LogP contribution >= 0.6 is 34.4 Å². The van der Waals surface area contributed by atoms with Gasteiger partial charge in [-0.15, -0.1) is 21.5 Å². The van der Waals surface area contributed by atoms with E-state index in [1.807, 2.05) is 37.3 Å². The second-order valence-electron chi connectivity index (χ2n) is 9.47. The molecule has 0 saturated heterocycles. The number of carbonyl (C=O) groups is 2. The third kappa shape index (κ3) is 6.53. The number of thiophene rings is 1. The van der Waals surface area contributed by atoms with Crippen molar-refractivity contribution in [1.29, 1.82) is 0 Å². The summed E-state index contributed by atoms with van der Waals surface area (Å²) in [6.07, 6.45) is 3.07. The first-order chi connectivity index (χ1) is 20.5. The van der Waals surface area contributed by atoms with E-state index in [0.29, 0.717) is 50.4 Å². The van der Waals surface area contributed by atoms with Gasteiger partial charge in [0.1, 0.15) is 0 Å². The molecule has 0 fully saturated rings. The smallest absolute Gasteiger partial charge is 0.296 e. The molecular formula is C31H31N3O5S3. The van der Waals surface area contributed by atoms with Crippen molar-refractivity contribution < 1.29 is 24.2 Å². The average molecular weight is 622 g/mol. The van der Waals surface area contributed by atoms with Crippen LogP contribution in [0.5, 0.6) is 11.5 Å². The molecule has 0 radical (unpaired) electrons. The summed E-state index contributed by atoms with van der Waals surface area (Å²) < 4.78 is 12.6. The van der Waals surface area contributed by atoms with Gasteiger partial charge in [-0.25, -0.2) is 0 Å². The van der Waals surface area contributed by atoms with Crippen LogP contribution in [0.4, 0.5) is 5.13 Å². The van der Waals surface area contributed by atoms with E-state index in [9.17, 15) is 14.7 Å². The summed E-state index contributed by atoms with van der Waals surface area (Å²) in [7, 11) is 0. The Morgan fingerprint density at radius 3 is 2.60 bits per heavy atom. The van der Waals surface area contributed by atoms with Crippen molar-refractivity contribution in [3.63, 3.8) is 0 Å². The summed E-state index contributed by atoms with van der Waals surface area (Å²) in [5.74, 6) is 0.0745. The Morgan fingerprint density at radius 1 is 1.02 bits per heavy atom. The topological polar surface area (TPSA) is 102 Å². The molecule has 0 spiro atoms. The number of unbranched alkanes of at least 4 members (excludes halogenated alkanes) is 2. The van der Waals surface area contributed by atoms with Crippen LogP contribution in [-0.4, -0.2) is 40.2 Å². The third-order valence-corrected chi connectivity index (χ3v) is 9.59. The first-order valence-electron chi connectivity index (χ1n) is 13.8. The quantitative estimate of drug-likeness (QED) is 0.0663. The Kier molecular flexibility index (Phi) is 9.93. The Bertz CT molecular complexity index is 1550. The van der Waals surface area contributed by atoms with E-state index in [0.717, 1.165) is 24.8 Å². The molecular weight excluding hydrogens is 591 g/mol. The summed E-state index contributed by atoms with van der Waals surface area (Å²) in [6, 6.07) is 17.9. The number of rotatable bonds is 14. The molecule has 2 aromatic heterocycles. The van der Waals surface area contributed by atoms with E-state index in [4.69, 9.17) is 9.47 Å². The average Bonchev–Trinajstić information content (AvgIpc) is 3.76. The van der Waals surface area contributed by atoms with Crippen LogP contribution in [-0.2, 0) is 10.5 Å². The minimum Gasteiger partial charge on any atom is -0.503 e. The fourth-order valence-corrected chi connectivity index (χ4v) is 7.09. The van der Waals surface area contributed by atoms with Gasteiger partial charge in [0.15, 0.2) is 21.6 Å². The molecule has 3 heterocycles. The normalized spacial score (nSPS) is 15.0. The number of ether oxygens (including phenoxy) is 2. The number of benzene rings is 2. The molecule has 11 heteroatoms.